The Bertz CT molecular complexity index is 511. The van der Waals surface area contributed by atoms with Gasteiger partial charge >= 0.3 is 0 Å². The van der Waals surface area contributed by atoms with Crippen molar-refractivity contribution in [2.24, 2.45) is 5.92 Å². The molecule has 2 heterocycles. The molecule has 0 spiro atoms. The third-order valence-corrected chi connectivity index (χ3v) is 3.45. The van der Waals surface area contributed by atoms with Gasteiger partial charge in [0.2, 0.25) is 0 Å². The molecule has 4 heteroatoms. The summed E-state index contributed by atoms with van der Waals surface area (Å²) in [5, 5.41) is 10.6. The zero-order valence-electron chi connectivity index (χ0n) is 10.7. The second kappa shape index (κ2) is 4.98. The highest BCUT2D eigenvalue weighted by molar-refractivity contribution is 5.56. The molecule has 0 unspecified atom stereocenters. The summed E-state index contributed by atoms with van der Waals surface area (Å²) in [6, 6.07) is 3.96. The molecule has 0 aromatic carbocycles. The zero-order valence-corrected chi connectivity index (χ0v) is 10.7. The minimum Gasteiger partial charge on any atom is -0.460 e. The van der Waals surface area contributed by atoms with E-state index >= 15 is 0 Å². The summed E-state index contributed by atoms with van der Waals surface area (Å²) in [5.41, 5.74) is 2.15. The monoisotopic (exact) mass is 245 g/mol. The molecular formula is C14H19N3O. The van der Waals surface area contributed by atoms with E-state index < -0.39 is 0 Å². The Morgan fingerprint density at radius 2 is 2.33 bits per heavy atom. The Morgan fingerprint density at radius 1 is 1.44 bits per heavy atom. The normalized spacial score (nSPS) is 15.2. The molecule has 2 aromatic heterocycles. The van der Waals surface area contributed by atoms with Crippen molar-refractivity contribution in [3.05, 3.63) is 29.7 Å². The average Bonchev–Trinajstić information content (AvgIpc) is 2.89. The van der Waals surface area contributed by atoms with Crippen molar-refractivity contribution < 1.29 is 4.42 Å². The predicted molar refractivity (Wildman–Crippen MR) is 70.1 cm³/mol. The van der Waals surface area contributed by atoms with E-state index in [2.05, 4.69) is 15.5 Å². The molecule has 0 atom stereocenters. The first-order valence-electron chi connectivity index (χ1n) is 6.62. The number of nitrogens with one attached hydrogen (secondary N) is 2. The summed E-state index contributed by atoms with van der Waals surface area (Å²) in [6.07, 6.45) is 6.01. The van der Waals surface area contributed by atoms with Gasteiger partial charge in [0.25, 0.3) is 0 Å². The van der Waals surface area contributed by atoms with Crippen LogP contribution in [0.5, 0.6) is 0 Å². The number of hydrogen-bond acceptors (Lipinski definition) is 3. The Hall–Kier alpha value is -1.55. The molecule has 4 nitrogen and oxygen atoms in total. The highest BCUT2D eigenvalue weighted by Gasteiger charge is 2.20. The molecule has 18 heavy (non-hydrogen) atoms. The van der Waals surface area contributed by atoms with E-state index in [4.69, 9.17) is 4.42 Å². The molecule has 0 aliphatic heterocycles. The molecule has 1 saturated carbocycles. The van der Waals surface area contributed by atoms with Gasteiger partial charge in [0.1, 0.15) is 11.5 Å². The van der Waals surface area contributed by atoms with Crippen molar-refractivity contribution in [1.82, 2.24) is 15.5 Å². The second-order valence-electron chi connectivity index (χ2n) is 5.09. The highest BCUT2D eigenvalue weighted by Crippen LogP contribution is 2.31. The Morgan fingerprint density at radius 3 is 3.06 bits per heavy atom. The number of hydrogen-bond donors (Lipinski definition) is 2. The van der Waals surface area contributed by atoms with Gasteiger partial charge in [-0.25, -0.2) is 0 Å². The second-order valence-corrected chi connectivity index (χ2v) is 5.09. The predicted octanol–water partition coefficient (Wildman–Crippen LogP) is 2.87. The van der Waals surface area contributed by atoms with E-state index in [0.29, 0.717) is 0 Å². The fourth-order valence-corrected chi connectivity index (χ4v) is 2.16. The van der Waals surface area contributed by atoms with Gasteiger partial charge in [-0.05, 0) is 37.9 Å². The maximum Gasteiger partial charge on any atom is 0.152 e. The lowest BCUT2D eigenvalue weighted by Crippen LogP contribution is -2.15. The lowest BCUT2D eigenvalue weighted by molar-refractivity contribution is 0.544. The molecule has 2 aromatic rings. The Kier molecular flexibility index (Phi) is 3.19. The molecule has 2 N–H and O–H groups in total. The molecule has 0 amide bonds. The van der Waals surface area contributed by atoms with Crippen LogP contribution in [-0.4, -0.2) is 16.7 Å². The van der Waals surface area contributed by atoms with Gasteiger partial charge in [0.05, 0.1) is 6.20 Å². The maximum atomic E-state index is 5.62. The van der Waals surface area contributed by atoms with Gasteiger partial charge in [-0.15, -0.1) is 0 Å². The van der Waals surface area contributed by atoms with E-state index in [0.717, 1.165) is 36.2 Å². The minimum absolute atomic E-state index is 0.846. The Balaban J connectivity index is 1.59. The van der Waals surface area contributed by atoms with Crippen LogP contribution in [0.4, 0.5) is 0 Å². The zero-order chi connectivity index (χ0) is 12.4. The molecule has 0 saturated heterocycles. The summed E-state index contributed by atoms with van der Waals surface area (Å²) in [5.74, 6) is 2.77. The van der Waals surface area contributed by atoms with Gasteiger partial charge in [0, 0.05) is 12.1 Å². The van der Waals surface area contributed by atoms with E-state index in [9.17, 15) is 0 Å². The number of aryl methyl sites for hydroxylation is 1. The van der Waals surface area contributed by atoms with E-state index in [-0.39, 0.29) is 0 Å². The largest absolute Gasteiger partial charge is 0.460 e. The summed E-state index contributed by atoms with van der Waals surface area (Å²) in [6.45, 7) is 3.89. The fraction of sp³-hybridized carbons (Fsp3) is 0.500. The van der Waals surface area contributed by atoms with Crippen molar-refractivity contribution in [3.8, 4) is 11.5 Å². The number of H-pyrrole nitrogens is 1. The molecule has 1 fully saturated rings. The van der Waals surface area contributed by atoms with Crippen molar-refractivity contribution in [3.63, 3.8) is 0 Å². The van der Waals surface area contributed by atoms with Crippen LogP contribution in [-0.2, 0) is 6.54 Å². The SMILES string of the molecule is Cc1ccc(-c2[nH]ncc2CNCCC2CC2)o1. The van der Waals surface area contributed by atoms with Gasteiger partial charge < -0.3 is 9.73 Å². The minimum atomic E-state index is 0.846. The summed E-state index contributed by atoms with van der Waals surface area (Å²) in [4.78, 5) is 0. The number of aromatic nitrogens is 2. The maximum absolute atomic E-state index is 5.62. The Labute approximate surface area is 107 Å². The number of furan rings is 1. The van der Waals surface area contributed by atoms with E-state index in [1.807, 2.05) is 25.3 Å². The van der Waals surface area contributed by atoms with E-state index in [1.165, 1.54) is 24.8 Å². The van der Waals surface area contributed by atoms with Crippen LogP contribution >= 0.6 is 0 Å². The van der Waals surface area contributed by atoms with Gasteiger partial charge in [-0.1, -0.05) is 12.8 Å². The first-order chi connectivity index (χ1) is 8.83. The summed E-state index contributed by atoms with van der Waals surface area (Å²) < 4.78 is 5.62. The van der Waals surface area contributed by atoms with Crippen molar-refractivity contribution in [1.29, 1.82) is 0 Å². The molecular weight excluding hydrogens is 226 g/mol. The summed E-state index contributed by atoms with van der Waals surface area (Å²) >= 11 is 0. The third kappa shape index (κ3) is 2.64. The molecule has 0 radical (unpaired) electrons. The van der Waals surface area contributed by atoms with E-state index in [1.54, 1.807) is 0 Å². The number of rotatable bonds is 6. The van der Waals surface area contributed by atoms with Gasteiger partial charge in [0.15, 0.2) is 5.76 Å². The molecule has 3 rings (SSSR count). The average molecular weight is 245 g/mol. The van der Waals surface area contributed by atoms with Crippen LogP contribution in [0.15, 0.2) is 22.7 Å². The number of aromatic amines is 1. The fourth-order valence-electron chi connectivity index (χ4n) is 2.16. The van der Waals surface area contributed by atoms with Crippen LogP contribution in [0.1, 0.15) is 30.6 Å². The lowest BCUT2D eigenvalue weighted by Gasteiger charge is -2.03. The van der Waals surface area contributed by atoms with Crippen LogP contribution in [0.3, 0.4) is 0 Å². The molecule has 1 aliphatic carbocycles. The third-order valence-electron chi connectivity index (χ3n) is 3.45. The quantitative estimate of drug-likeness (QED) is 0.769. The van der Waals surface area contributed by atoms with Gasteiger partial charge in [-0.3, -0.25) is 5.10 Å². The smallest absolute Gasteiger partial charge is 0.152 e. The van der Waals surface area contributed by atoms with Crippen molar-refractivity contribution in [2.45, 2.75) is 32.7 Å². The molecule has 0 bridgehead atoms. The highest BCUT2D eigenvalue weighted by atomic mass is 16.3. The lowest BCUT2D eigenvalue weighted by atomic mass is 10.2. The number of nitrogens with zero attached hydrogens (tertiary/aromatic N) is 1. The van der Waals surface area contributed by atoms with Crippen LogP contribution < -0.4 is 5.32 Å². The summed E-state index contributed by atoms with van der Waals surface area (Å²) in [7, 11) is 0. The van der Waals surface area contributed by atoms with Crippen molar-refractivity contribution in [2.75, 3.05) is 6.54 Å². The van der Waals surface area contributed by atoms with Crippen molar-refractivity contribution >= 4 is 0 Å². The molecule has 96 valence electrons. The van der Waals surface area contributed by atoms with Crippen LogP contribution in [0.25, 0.3) is 11.5 Å². The van der Waals surface area contributed by atoms with Crippen LogP contribution in [0, 0.1) is 12.8 Å². The standard InChI is InChI=1S/C14H19N3O/c1-10-2-5-13(18-10)14-12(9-16-17-14)8-15-7-6-11-3-4-11/h2,5,9,11,15H,3-4,6-8H2,1H3,(H,16,17). The molecule has 1 aliphatic rings. The van der Waals surface area contributed by atoms with Gasteiger partial charge in [-0.2, -0.15) is 5.10 Å². The topological polar surface area (TPSA) is 53.9 Å². The van der Waals surface area contributed by atoms with Crippen LogP contribution in [0.2, 0.25) is 0 Å². The first kappa shape index (κ1) is 11.5. The first-order valence-corrected chi connectivity index (χ1v) is 6.62.